The molecule has 1 saturated heterocycles. The normalized spacial score (nSPS) is 16.2. The fraction of sp³-hybridized carbons (Fsp3) is 0.261. The van der Waals surface area contributed by atoms with E-state index in [4.69, 9.17) is 17.0 Å². The number of rotatable bonds is 5. The molecule has 158 valence electrons. The van der Waals surface area contributed by atoms with E-state index in [0.29, 0.717) is 21.5 Å². The van der Waals surface area contributed by atoms with Gasteiger partial charge in [0.1, 0.15) is 12.2 Å². The number of para-hydroxylation sites is 1. The molecule has 6 nitrogen and oxygen atoms in total. The number of amides is 1. The summed E-state index contributed by atoms with van der Waals surface area (Å²) in [4.78, 5) is 27.1. The molecular formula is C23H21N3O3S2. The first-order valence-corrected chi connectivity index (χ1v) is 11.5. The molecular weight excluding hydrogens is 430 g/mol. The van der Waals surface area contributed by atoms with Crippen LogP contribution in [-0.2, 0) is 16.1 Å². The van der Waals surface area contributed by atoms with Gasteiger partial charge in [-0.15, -0.1) is 11.3 Å². The summed E-state index contributed by atoms with van der Waals surface area (Å²) in [7, 11) is 0. The van der Waals surface area contributed by atoms with Crippen molar-refractivity contribution in [2.45, 2.75) is 25.5 Å². The first-order chi connectivity index (χ1) is 15.1. The summed E-state index contributed by atoms with van der Waals surface area (Å²) in [6.07, 6.45) is 2.00. The minimum Gasteiger partial charge on any atom is -0.376 e. The molecule has 1 aliphatic heterocycles. The zero-order valence-electron chi connectivity index (χ0n) is 16.7. The second-order valence-corrected chi connectivity index (χ2v) is 9.21. The molecule has 0 saturated carbocycles. The molecule has 1 unspecified atom stereocenters. The van der Waals surface area contributed by atoms with Crippen molar-refractivity contribution in [3.8, 4) is 10.4 Å². The van der Waals surface area contributed by atoms with E-state index >= 15 is 0 Å². The summed E-state index contributed by atoms with van der Waals surface area (Å²) in [6, 6.07) is 17.2. The van der Waals surface area contributed by atoms with Gasteiger partial charge in [-0.05, 0) is 42.8 Å². The van der Waals surface area contributed by atoms with E-state index in [9.17, 15) is 9.59 Å². The third kappa shape index (κ3) is 3.71. The maximum Gasteiger partial charge on any atom is 0.262 e. The third-order valence-electron chi connectivity index (χ3n) is 5.55. The molecule has 1 N–H and O–H groups in total. The summed E-state index contributed by atoms with van der Waals surface area (Å²) in [6.45, 7) is 1.11. The molecule has 1 fully saturated rings. The summed E-state index contributed by atoms with van der Waals surface area (Å²) in [5.41, 5.74) is 2.16. The Labute approximate surface area is 187 Å². The standard InChI is InChI=1S/C23H21N3O3S2/c27-19(24-13-16-9-6-12-29-16)14-25-21-20(15-7-2-1-3-8-15)31-23(30)26(21)18-11-5-4-10-17(18)22(25)28/h1-5,7-8,10-11,16H,6,9,12-14H2,(H,24,27). The van der Waals surface area contributed by atoms with Gasteiger partial charge in [-0.3, -0.25) is 18.6 Å². The number of benzene rings is 2. The Hall–Kier alpha value is -2.81. The van der Waals surface area contributed by atoms with E-state index < -0.39 is 0 Å². The lowest BCUT2D eigenvalue weighted by Gasteiger charge is -2.15. The zero-order chi connectivity index (χ0) is 21.4. The Kier molecular flexibility index (Phi) is 5.43. The summed E-state index contributed by atoms with van der Waals surface area (Å²) in [5.74, 6) is -0.217. The second kappa shape index (κ2) is 8.37. The number of hydrogen-bond donors (Lipinski definition) is 1. The van der Waals surface area contributed by atoms with Gasteiger partial charge in [-0.1, -0.05) is 42.5 Å². The van der Waals surface area contributed by atoms with Crippen LogP contribution in [0.4, 0.5) is 0 Å². The van der Waals surface area contributed by atoms with Gasteiger partial charge in [0.15, 0.2) is 3.95 Å². The molecule has 4 aromatic rings. The summed E-state index contributed by atoms with van der Waals surface area (Å²) in [5, 5.41) is 3.46. The van der Waals surface area contributed by atoms with Crippen molar-refractivity contribution in [2.24, 2.45) is 0 Å². The molecule has 1 atom stereocenters. The minimum absolute atomic E-state index is 0.0481. The van der Waals surface area contributed by atoms with Gasteiger partial charge in [-0.2, -0.15) is 0 Å². The molecule has 0 bridgehead atoms. The maximum atomic E-state index is 13.4. The minimum atomic E-state index is -0.217. The average Bonchev–Trinajstić information content (AvgIpc) is 3.44. The molecule has 0 spiro atoms. The molecule has 0 aliphatic carbocycles. The second-order valence-electron chi connectivity index (χ2n) is 7.57. The van der Waals surface area contributed by atoms with E-state index in [2.05, 4.69) is 5.32 Å². The van der Waals surface area contributed by atoms with Gasteiger partial charge in [0, 0.05) is 13.2 Å². The zero-order valence-corrected chi connectivity index (χ0v) is 18.4. The molecule has 31 heavy (non-hydrogen) atoms. The van der Waals surface area contributed by atoms with Crippen LogP contribution in [0.25, 0.3) is 27.0 Å². The molecule has 0 radical (unpaired) electrons. The predicted octanol–water partition coefficient (Wildman–Crippen LogP) is 4.01. The topological polar surface area (TPSA) is 64.7 Å². The van der Waals surface area contributed by atoms with Crippen molar-refractivity contribution < 1.29 is 9.53 Å². The van der Waals surface area contributed by atoms with Crippen molar-refractivity contribution >= 4 is 46.0 Å². The van der Waals surface area contributed by atoms with Crippen molar-refractivity contribution in [3.63, 3.8) is 0 Å². The highest BCUT2D eigenvalue weighted by Gasteiger charge is 2.21. The van der Waals surface area contributed by atoms with Crippen molar-refractivity contribution in [1.29, 1.82) is 0 Å². The Balaban J connectivity index is 1.66. The lowest BCUT2D eigenvalue weighted by Crippen LogP contribution is -2.37. The van der Waals surface area contributed by atoms with Gasteiger partial charge < -0.3 is 10.1 Å². The lowest BCUT2D eigenvalue weighted by atomic mass is 10.2. The molecule has 2 aromatic heterocycles. The van der Waals surface area contributed by atoms with Gasteiger partial charge in [0.25, 0.3) is 5.56 Å². The Morgan fingerprint density at radius 3 is 2.71 bits per heavy atom. The maximum absolute atomic E-state index is 13.4. The van der Waals surface area contributed by atoms with Crippen molar-refractivity contribution in [3.05, 3.63) is 68.9 Å². The van der Waals surface area contributed by atoms with Crippen LogP contribution in [-0.4, -0.2) is 34.1 Å². The van der Waals surface area contributed by atoms with Gasteiger partial charge >= 0.3 is 0 Å². The monoisotopic (exact) mass is 451 g/mol. The quantitative estimate of drug-likeness (QED) is 0.466. The molecule has 2 aromatic carbocycles. The van der Waals surface area contributed by atoms with Crippen LogP contribution in [0.1, 0.15) is 12.8 Å². The number of thiazole rings is 1. The van der Waals surface area contributed by atoms with Crippen LogP contribution in [0.3, 0.4) is 0 Å². The Bertz CT molecular complexity index is 1380. The third-order valence-corrected chi connectivity index (χ3v) is 6.96. The predicted molar refractivity (Wildman–Crippen MR) is 125 cm³/mol. The number of carbonyl (C=O) groups is 1. The number of nitrogens with one attached hydrogen (secondary N) is 1. The fourth-order valence-electron chi connectivity index (χ4n) is 4.07. The molecule has 3 heterocycles. The largest absolute Gasteiger partial charge is 0.376 e. The fourth-order valence-corrected chi connectivity index (χ4v) is 5.50. The summed E-state index contributed by atoms with van der Waals surface area (Å²) >= 11 is 7.14. The molecule has 5 rings (SSSR count). The highest BCUT2D eigenvalue weighted by atomic mass is 32.1. The number of aromatic nitrogens is 2. The first-order valence-electron chi connectivity index (χ1n) is 10.2. The van der Waals surface area contributed by atoms with E-state index in [0.717, 1.165) is 35.4 Å². The van der Waals surface area contributed by atoms with Crippen LogP contribution < -0.4 is 10.9 Å². The van der Waals surface area contributed by atoms with E-state index in [1.54, 1.807) is 10.6 Å². The average molecular weight is 452 g/mol. The Morgan fingerprint density at radius 1 is 1.16 bits per heavy atom. The van der Waals surface area contributed by atoms with Gasteiger partial charge in [0.05, 0.1) is 21.9 Å². The molecule has 1 aliphatic rings. The van der Waals surface area contributed by atoms with Gasteiger partial charge in [0.2, 0.25) is 5.91 Å². The summed E-state index contributed by atoms with van der Waals surface area (Å²) < 4.78 is 9.68. The first kappa shape index (κ1) is 20.1. The van der Waals surface area contributed by atoms with Crippen LogP contribution in [0.15, 0.2) is 59.4 Å². The number of nitrogens with zero attached hydrogens (tertiary/aromatic N) is 2. The number of fused-ring (bicyclic) bond motifs is 3. The number of carbonyl (C=O) groups excluding carboxylic acids is 1. The van der Waals surface area contributed by atoms with E-state index in [1.165, 1.54) is 11.3 Å². The van der Waals surface area contributed by atoms with Crippen LogP contribution in [0.5, 0.6) is 0 Å². The molecule has 1 amide bonds. The van der Waals surface area contributed by atoms with Crippen molar-refractivity contribution in [2.75, 3.05) is 13.2 Å². The number of hydrogen-bond acceptors (Lipinski definition) is 5. The highest BCUT2D eigenvalue weighted by Crippen LogP contribution is 2.33. The van der Waals surface area contributed by atoms with Crippen LogP contribution in [0.2, 0.25) is 0 Å². The lowest BCUT2D eigenvalue weighted by molar-refractivity contribution is -0.122. The van der Waals surface area contributed by atoms with Gasteiger partial charge in [-0.25, -0.2) is 0 Å². The Morgan fingerprint density at radius 2 is 1.94 bits per heavy atom. The molecule has 8 heteroatoms. The van der Waals surface area contributed by atoms with Crippen LogP contribution >= 0.6 is 23.6 Å². The SMILES string of the molecule is O=C(Cn1c(=O)c2ccccc2n2c(=S)sc(-c3ccccc3)c12)NCC1CCCO1. The highest BCUT2D eigenvalue weighted by molar-refractivity contribution is 7.73. The van der Waals surface area contributed by atoms with E-state index in [-0.39, 0.29) is 24.1 Å². The number of ether oxygens (including phenoxy) is 1. The smallest absolute Gasteiger partial charge is 0.262 e. The van der Waals surface area contributed by atoms with Crippen molar-refractivity contribution in [1.82, 2.24) is 14.3 Å². The van der Waals surface area contributed by atoms with Crippen LogP contribution in [0, 0.1) is 3.95 Å². The van der Waals surface area contributed by atoms with E-state index in [1.807, 2.05) is 52.9 Å².